The number of rotatable bonds is 7. The number of aryl methyl sites for hydroxylation is 1. The maximum atomic E-state index is 12.6. The second kappa shape index (κ2) is 9.26. The van der Waals surface area contributed by atoms with Gasteiger partial charge in [-0.3, -0.25) is 9.59 Å². The van der Waals surface area contributed by atoms with E-state index in [1.54, 1.807) is 19.1 Å². The lowest BCUT2D eigenvalue weighted by atomic mass is 10.0. The van der Waals surface area contributed by atoms with Crippen molar-refractivity contribution >= 4 is 17.5 Å². The molecule has 0 aromatic heterocycles. The summed E-state index contributed by atoms with van der Waals surface area (Å²) < 4.78 is 10.5. The van der Waals surface area contributed by atoms with Crippen molar-refractivity contribution in [2.45, 2.75) is 25.7 Å². The number of benzene rings is 2. The maximum Gasteiger partial charge on any atom is 0.236 e. The molecule has 0 saturated carbocycles. The van der Waals surface area contributed by atoms with Gasteiger partial charge in [-0.15, -0.1) is 0 Å². The molecule has 6 nitrogen and oxygen atoms in total. The molecule has 3 rings (SSSR count). The lowest BCUT2D eigenvalue weighted by Crippen LogP contribution is -2.39. The van der Waals surface area contributed by atoms with Crippen LogP contribution in [-0.4, -0.2) is 39.1 Å². The number of nitrogens with one attached hydrogen (secondary N) is 1. The number of amides is 2. The minimum absolute atomic E-state index is 0.139. The van der Waals surface area contributed by atoms with Crippen LogP contribution in [0.15, 0.2) is 42.5 Å². The van der Waals surface area contributed by atoms with Crippen molar-refractivity contribution in [1.82, 2.24) is 5.32 Å². The number of hydrogen-bond donors (Lipinski definition) is 1. The first-order valence-electron chi connectivity index (χ1n) is 9.48. The van der Waals surface area contributed by atoms with Gasteiger partial charge < -0.3 is 19.7 Å². The van der Waals surface area contributed by atoms with Crippen molar-refractivity contribution in [1.29, 1.82) is 0 Å². The van der Waals surface area contributed by atoms with Gasteiger partial charge in [0.2, 0.25) is 11.8 Å². The molecule has 0 unspecified atom stereocenters. The molecule has 6 heteroatoms. The van der Waals surface area contributed by atoms with Gasteiger partial charge in [-0.05, 0) is 48.6 Å². The van der Waals surface area contributed by atoms with Crippen LogP contribution in [-0.2, 0) is 22.4 Å². The summed E-state index contributed by atoms with van der Waals surface area (Å²) in [6, 6.07) is 13.6. The third kappa shape index (κ3) is 4.63. The highest BCUT2D eigenvalue weighted by molar-refractivity contribution is 6.05. The van der Waals surface area contributed by atoms with E-state index in [-0.39, 0.29) is 18.2 Å². The maximum absolute atomic E-state index is 12.6. The van der Waals surface area contributed by atoms with Crippen molar-refractivity contribution < 1.29 is 19.1 Å². The van der Waals surface area contributed by atoms with Crippen LogP contribution in [0.4, 0.5) is 5.69 Å². The second-order valence-corrected chi connectivity index (χ2v) is 6.74. The molecule has 0 aliphatic carbocycles. The molecular formula is C22H26N2O4. The fourth-order valence-corrected chi connectivity index (χ4v) is 3.47. The fourth-order valence-electron chi connectivity index (χ4n) is 3.47. The van der Waals surface area contributed by atoms with Gasteiger partial charge in [0, 0.05) is 18.8 Å². The molecule has 1 aliphatic rings. The van der Waals surface area contributed by atoms with E-state index >= 15 is 0 Å². The highest BCUT2D eigenvalue weighted by Gasteiger charge is 2.23. The number of para-hydroxylation sites is 1. The van der Waals surface area contributed by atoms with Gasteiger partial charge >= 0.3 is 0 Å². The molecule has 0 fully saturated rings. The first-order valence-corrected chi connectivity index (χ1v) is 9.48. The Labute approximate surface area is 165 Å². The van der Waals surface area contributed by atoms with Gasteiger partial charge in [0.1, 0.15) is 6.42 Å². The molecule has 0 radical (unpaired) electrons. The largest absolute Gasteiger partial charge is 0.493 e. The monoisotopic (exact) mass is 382 g/mol. The van der Waals surface area contributed by atoms with E-state index in [2.05, 4.69) is 5.32 Å². The molecule has 28 heavy (non-hydrogen) atoms. The van der Waals surface area contributed by atoms with Crippen LogP contribution in [0, 0.1) is 0 Å². The van der Waals surface area contributed by atoms with Crippen LogP contribution in [0.2, 0.25) is 0 Å². The SMILES string of the molecule is COc1ccc(CCNC(=O)CC(=O)N2CCCc3ccccc32)cc1OC. The van der Waals surface area contributed by atoms with Crippen molar-refractivity contribution in [2.75, 3.05) is 32.2 Å². The van der Waals surface area contributed by atoms with Gasteiger partial charge in [-0.25, -0.2) is 0 Å². The van der Waals surface area contributed by atoms with Crippen LogP contribution >= 0.6 is 0 Å². The molecule has 1 aliphatic heterocycles. The average molecular weight is 382 g/mol. The first-order chi connectivity index (χ1) is 13.6. The Morgan fingerprint density at radius 1 is 1.07 bits per heavy atom. The molecule has 2 amide bonds. The molecule has 1 heterocycles. The molecule has 2 aromatic rings. The van der Waals surface area contributed by atoms with E-state index < -0.39 is 0 Å². The normalized spacial score (nSPS) is 12.9. The quantitative estimate of drug-likeness (QED) is 0.748. The van der Waals surface area contributed by atoms with E-state index in [9.17, 15) is 9.59 Å². The molecule has 0 spiro atoms. The van der Waals surface area contributed by atoms with Gasteiger partial charge in [0.05, 0.1) is 14.2 Å². The Morgan fingerprint density at radius 3 is 2.64 bits per heavy atom. The third-order valence-electron chi connectivity index (χ3n) is 4.91. The van der Waals surface area contributed by atoms with Gasteiger partial charge in [-0.1, -0.05) is 24.3 Å². The minimum Gasteiger partial charge on any atom is -0.493 e. The number of hydrogen-bond acceptors (Lipinski definition) is 4. The van der Waals surface area contributed by atoms with E-state index in [0.717, 1.165) is 29.7 Å². The number of carbonyl (C=O) groups is 2. The van der Waals surface area contributed by atoms with Crippen molar-refractivity contribution in [2.24, 2.45) is 0 Å². The number of fused-ring (bicyclic) bond motifs is 1. The third-order valence-corrected chi connectivity index (χ3v) is 4.91. The molecule has 0 bridgehead atoms. The fraction of sp³-hybridized carbons (Fsp3) is 0.364. The molecule has 1 N–H and O–H groups in total. The number of ether oxygens (including phenoxy) is 2. The summed E-state index contributed by atoms with van der Waals surface area (Å²) >= 11 is 0. The number of carbonyl (C=O) groups excluding carboxylic acids is 2. The summed E-state index contributed by atoms with van der Waals surface area (Å²) in [6.45, 7) is 1.12. The van der Waals surface area contributed by atoms with Crippen LogP contribution in [0.5, 0.6) is 11.5 Å². The minimum atomic E-state index is -0.256. The van der Waals surface area contributed by atoms with Gasteiger partial charge in [0.15, 0.2) is 11.5 Å². The van der Waals surface area contributed by atoms with E-state index in [4.69, 9.17) is 9.47 Å². The van der Waals surface area contributed by atoms with E-state index in [0.29, 0.717) is 31.0 Å². The summed E-state index contributed by atoms with van der Waals surface area (Å²) in [7, 11) is 3.18. The predicted molar refractivity (Wildman–Crippen MR) is 108 cm³/mol. The zero-order valence-electron chi connectivity index (χ0n) is 16.4. The van der Waals surface area contributed by atoms with Crippen LogP contribution in [0.1, 0.15) is 24.0 Å². The van der Waals surface area contributed by atoms with E-state index in [1.165, 1.54) is 0 Å². The second-order valence-electron chi connectivity index (χ2n) is 6.74. The zero-order chi connectivity index (χ0) is 19.9. The summed E-state index contributed by atoms with van der Waals surface area (Å²) in [6.07, 6.45) is 2.40. The molecule has 2 aromatic carbocycles. The lowest BCUT2D eigenvalue weighted by molar-refractivity contribution is -0.127. The Balaban J connectivity index is 1.50. The van der Waals surface area contributed by atoms with Crippen molar-refractivity contribution in [3.05, 3.63) is 53.6 Å². The standard InChI is InChI=1S/C22H26N2O4/c1-27-19-10-9-16(14-20(19)28-2)11-12-23-21(25)15-22(26)24-13-5-7-17-6-3-4-8-18(17)24/h3-4,6,8-10,14H,5,7,11-13,15H2,1-2H3,(H,23,25). The Kier molecular flexibility index (Phi) is 6.53. The average Bonchev–Trinajstić information content (AvgIpc) is 2.73. The molecule has 0 saturated heterocycles. The number of methoxy groups -OCH3 is 2. The zero-order valence-corrected chi connectivity index (χ0v) is 16.4. The molecular weight excluding hydrogens is 356 g/mol. The Morgan fingerprint density at radius 2 is 1.86 bits per heavy atom. The Hall–Kier alpha value is -3.02. The Bertz CT molecular complexity index is 850. The summed E-state index contributed by atoms with van der Waals surface area (Å²) in [5, 5.41) is 2.83. The molecule has 148 valence electrons. The van der Waals surface area contributed by atoms with Crippen LogP contribution < -0.4 is 19.7 Å². The number of nitrogens with zero attached hydrogens (tertiary/aromatic N) is 1. The van der Waals surface area contributed by atoms with Crippen molar-refractivity contribution in [3.63, 3.8) is 0 Å². The topological polar surface area (TPSA) is 67.9 Å². The summed E-state index contributed by atoms with van der Waals surface area (Å²) in [5.41, 5.74) is 3.11. The summed E-state index contributed by atoms with van der Waals surface area (Å²) in [4.78, 5) is 26.5. The lowest BCUT2D eigenvalue weighted by Gasteiger charge is -2.29. The van der Waals surface area contributed by atoms with Gasteiger partial charge in [0.25, 0.3) is 0 Å². The highest BCUT2D eigenvalue weighted by atomic mass is 16.5. The highest BCUT2D eigenvalue weighted by Crippen LogP contribution is 2.28. The van der Waals surface area contributed by atoms with Crippen LogP contribution in [0.25, 0.3) is 0 Å². The van der Waals surface area contributed by atoms with Gasteiger partial charge in [-0.2, -0.15) is 0 Å². The van der Waals surface area contributed by atoms with Crippen molar-refractivity contribution in [3.8, 4) is 11.5 Å². The van der Waals surface area contributed by atoms with E-state index in [1.807, 2.05) is 42.5 Å². The van der Waals surface area contributed by atoms with Crippen LogP contribution in [0.3, 0.4) is 0 Å². The predicted octanol–water partition coefficient (Wildman–Crippen LogP) is 2.73. The molecule has 0 atom stereocenters. The number of anilines is 1. The summed E-state index contributed by atoms with van der Waals surface area (Å²) in [5.74, 6) is 0.914. The smallest absolute Gasteiger partial charge is 0.236 e. The first kappa shape index (κ1) is 19.7.